The van der Waals surface area contributed by atoms with Gasteiger partial charge in [0.2, 0.25) is 0 Å². The van der Waals surface area contributed by atoms with Crippen LogP contribution in [0.3, 0.4) is 0 Å². The van der Waals surface area contributed by atoms with Gasteiger partial charge in [0.25, 0.3) is 0 Å². The normalized spacial score (nSPS) is 12.2. The molecule has 0 spiro atoms. The van der Waals surface area contributed by atoms with Crippen LogP contribution in [0.5, 0.6) is 11.5 Å². The highest BCUT2D eigenvalue weighted by molar-refractivity contribution is 5.49. The van der Waals surface area contributed by atoms with Crippen molar-refractivity contribution in [1.82, 2.24) is 9.78 Å². The van der Waals surface area contributed by atoms with Crippen molar-refractivity contribution in [3.63, 3.8) is 0 Å². The number of rotatable bonds is 10. The second-order valence-corrected chi connectivity index (χ2v) is 7.90. The Balaban J connectivity index is 1.75. The van der Waals surface area contributed by atoms with Crippen molar-refractivity contribution in [3.8, 4) is 11.5 Å². The van der Waals surface area contributed by atoms with E-state index in [1.165, 1.54) is 11.3 Å². The third-order valence-electron chi connectivity index (χ3n) is 4.99. The van der Waals surface area contributed by atoms with Gasteiger partial charge < -0.3 is 10.1 Å². The fourth-order valence-corrected chi connectivity index (χ4v) is 3.60. The van der Waals surface area contributed by atoms with Gasteiger partial charge >= 0.3 is 0 Å². The molecule has 0 aliphatic heterocycles. The van der Waals surface area contributed by atoms with E-state index in [1.807, 2.05) is 36.5 Å². The van der Waals surface area contributed by atoms with Crippen molar-refractivity contribution in [2.75, 3.05) is 5.32 Å². The zero-order valence-corrected chi connectivity index (χ0v) is 18.1. The van der Waals surface area contributed by atoms with Crippen LogP contribution in [-0.2, 0) is 13.0 Å². The Kier molecular flexibility index (Phi) is 7.34. The molecule has 2 aromatic carbocycles. The predicted octanol–water partition coefficient (Wildman–Crippen LogP) is 6.85. The first-order valence-electron chi connectivity index (χ1n) is 10.7. The van der Waals surface area contributed by atoms with Crippen molar-refractivity contribution in [3.05, 3.63) is 72.1 Å². The number of nitrogens with one attached hydrogen (secondary N) is 1. The molecule has 0 fully saturated rings. The van der Waals surface area contributed by atoms with E-state index in [-0.39, 0.29) is 6.04 Å². The fourth-order valence-electron chi connectivity index (χ4n) is 3.60. The molecule has 0 bridgehead atoms. The SMILES string of the molecule is CCCC(Nc1cnn(CC(C)C)c1CC)c1ccc(Oc2ccccc2)cc1. The number of hydrogen-bond donors (Lipinski definition) is 1. The fraction of sp³-hybridized carbons (Fsp3) is 0.400. The lowest BCUT2D eigenvalue weighted by Crippen LogP contribution is -2.13. The first kappa shape index (κ1) is 21.0. The van der Waals surface area contributed by atoms with Crippen LogP contribution in [0.1, 0.15) is 57.8 Å². The molecule has 1 aromatic heterocycles. The van der Waals surface area contributed by atoms with Crippen LogP contribution in [0.15, 0.2) is 60.8 Å². The minimum absolute atomic E-state index is 0.257. The van der Waals surface area contributed by atoms with Gasteiger partial charge in [0.05, 0.1) is 23.6 Å². The minimum Gasteiger partial charge on any atom is -0.457 e. The molecule has 0 aliphatic rings. The lowest BCUT2D eigenvalue weighted by Gasteiger charge is -2.21. The summed E-state index contributed by atoms with van der Waals surface area (Å²) in [5.74, 6) is 2.29. The Bertz CT molecular complexity index is 869. The minimum atomic E-state index is 0.257. The van der Waals surface area contributed by atoms with E-state index in [4.69, 9.17) is 4.74 Å². The van der Waals surface area contributed by atoms with Crippen molar-refractivity contribution >= 4 is 5.69 Å². The maximum absolute atomic E-state index is 5.93. The van der Waals surface area contributed by atoms with Gasteiger partial charge in [-0.2, -0.15) is 5.10 Å². The molecule has 3 rings (SSSR count). The van der Waals surface area contributed by atoms with Crippen LogP contribution in [0.25, 0.3) is 0 Å². The Hall–Kier alpha value is -2.75. The van der Waals surface area contributed by atoms with Gasteiger partial charge in [-0.1, -0.05) is 64.4 Å². The second-order valence-electron chi connectivity index (χ2n) is 7.90. The summed E-state index contributed by atoms with van der Waals surface area (Å²) in [5.41, 5.74) is 3.70. The Morgan fingerprint density at radius 2 is 1.66 bits per heavy atom. The van der Waals surface area contributed by atoms with Gasteiger partial charge in [-0.05, 0) is 48.6 Å². The van der Waals surface area contributed by atoms with E-state index in [9.17, 15) is 0 Å². The number of para-hydroxylation sites is 1. The predicted molar refractivity (Wildman–Crippen MR) is 121 cm³/mol. The highest BCUT2D eigenvalue weighted by atomic mass is 16.5. The van der Waals surface area contributed by atoms with Crippen molar-refractivity contribution in [2.45, 2.75) is 59.5 Å². The lowest BCUT2D eigenvalue weighted by molar-refractivity contribution is 0.470. The molecule has 4 heteroatoms. The van der Waals surface area contributed by atoms with Crippen LogP contribution < -0.4 is 10.1 Å². The maximum atomic E-state index is 5.93. The van der Waals surface area contributed by atoms with Gasteiger partial charge in [0.15, 0.2) is 0 Å². The number of ether oxygens (including phenoxy) is 1. The molecule has 0 saturated heterocycles. The van der Waals surface area contributed by atoms with Gasteiger partial charge in [-0.25, -0.2) is 0 Å². The summed E-state index contributed by atoms with van der Waals surface area (Å²) in [4.78, 5) is 0. The van der Waals surface area contributed by atoms with Crippen LogP contribution >= 0.6 is 0 Å². The number of hydrogen-bond acceptors (Lipinski definition) is 3. The molecule has 29 heavy (non-hydrogen) atoms. The summed E-state index contributed by atoms with van der Waals surface area (Å²) in [6, 6.07) is 18.6. The molecular weight excluding hydrogens is 358 g/mol. The lowest BCUT2D eigenvalue weighted by atomic mass is 10.0. The van der Waals surface area contributed by atoms with Crippen LogP contribution in [0.4, 0.5) is 5.69 Å². The number of benzene rings is 2. The van der Waals surface area contributed by atoms with E-state index in [1.54, 1.807) is 0 Å². The average molecular weight is 392 g/mol. The van der Waals surface area contributed by atoms with E-state index in [2.05, 4.69) is 67.1 Å². The Morgan fingerprint density at radius 1 is 0.966 bits per heavy atom. The summed E-state index contributed by atoms with van der Waals surface area (Å²) >= 11 is 0. The van der Waals surface area contributed by atoms with Crippen LogP contribution in [-0.4, -0.2) is 9.78 Å². The molecule has 154 valence electrons. The zero-order chi connectivity index (χ0) is 20.6. The molecular formula is C25H33N3O. The average Bonchev–Trinajstić information content (AvgIpc) is 3.09. The maximum Gasteiger partial charge on any atom is 0.127 e. The smallest absolute Gasteiger partial charge is 0.127 e. The highest BCUT2D eigenvalue weighted by Gasteiger charge is 2.16. The molecule has 0 saturated carbocycles. The summed E-state index contributed by atoms with van der Waals surface area (Å²) in [6.45, 7) is 9.84. The van der Waals surface area contributed by atoms with E-state index in [0.717, 1.165) is 43.0 Å². The first-order valence-corrected chi connectivity index (χ1v) is 10.7. The van der Waals surface area contributed by atoms with Gasteiger partial charge in [0, 0.05) is 6.54 Å². The highest BCUT2D eigenvalue weighted by Crippen LogP contribution is 2.29. The third kappa shape index (κ3) is 5.63. The van der Waals surface area contributed by atoms with Gasteiger partial charge in [-0.3, -0.25) is 4.68 Å². The Morgan fingerprint density at radius 3 is 2.28 bits per heavy atom. The molecule has 1 unspecified atom stereocenters. The van der Waals surface area contributed by atoms with E-state index >= 15 is 0 Å². The van der Waals surface area contributed by atoms with Crippen molar-refractivity contribution in [2.24, 2.45) is 5.92 Å². The molecule has 0 amide bonds. The largest absolute Gasteiger partial charge is 0.457 e. The van der Waals surface area contributed by atoms with Crippen molar-refractivity contribution in [1.29, 1.82) is 0 Å². The molecule has 1 atom stereocenters. The molecule has 1 heterocycles. The van der Waals surface area contributed by atoms with Crippen LogP contribution in [0, 0.1) is 5.92 Å². The molecule has 1 N–H and O–H groups in total. The number of anilines is 1. The summed E-state index contributed by atoms with van der Waals surface area (Å²) < 4.78 is 8.08. The van der Waals surface area contributed by atoms with Crippen molar-refractivity contribution < 1.29 is 4.74 Å². The van der Waals surface area contributed by atoms with Crippen LogP contribution in [0.2, 0.25) is 0 Å². The number of nitrogens with zero attached hydrogens (tertiary/aromatic N) is 2. The molecule has 3 aromatic rings. The standard InChI is InChI=1S/C25H33N3O/c1-5-10-23(27-24-17-26-28(18-19(3)4)25(24)6-2)20-13-15-22(16-14-20)29-21-11-8-7-9-12-21/h7-9,11-17,19,23,27H,5-6,10,18H2,1-4H3. The quantitative estimate of drug-likeness (QED) is 0.411. The van der Waals surface area contributed by atoms with E-state index < -0.39 is 0 Å². The second kappa shape index (κ2) is 10.1. The summed E-state index contributed by atoms with van der Waals surface area (Å²) in [7, 11) is 0. The third-order valence-corrected chi connectivity index (χ3v) is 4.99. The molecule has 0 aliphatic carbocycles. The van der Waals surface area contributed by atoms with Gasteiger partial charge in [-0.15, -0.1) is 0 Å². The van der Waals surface area contributed by atoms with Gasteiger partial charge in [0.1, 0.15) is 11.5 Å². The zero-order valence-electron chi connectivity index (χ0n) is 18.1. The number of aromatic nitrogens is 2. The monoisotopic (exact) mass is 391 g/mol. The summed E-state index contributed by atoms with van der Waals surface area (Å²) in [6.07, 6.45) is 5.13. The Labute approximate surface area is 174 Å². The molecule has 4 nitrogen and oxygen atoms in total. The van der Waals surface area contributed by atoms with E-state index in [0.29, 0.717) is 5.92 Å². The first-order chi connectivity index (χ1) is 14.1. The molecule has 0 radical (unpaired) electrons. The topological polar surface area (TPSA) is 39.1 Å². The summed E-state index contributed by atoms with van der Waals surface area (Å²) in [5, 5.41) is 8.38.